The first kappa shape index (κ1) is 14.5. The van der Waals surface area contributed by atoms with Gasteiger partial charge in [-0.15, -0.1) is 4.91 Å². The molecule has 0 atom stereocenters. The average Bonchev–Trinajstić information content (AvgIpc) is 2.55. The zero-order valence-electron chi connectivity index (χ0n) is 11.7. The Morgan fingerprint density at radius 2 is 1.95 bits per heavy atom. The molecule has 1 aliphatic carbocycles. The maximum atomic E-state index is 12.4. The van der Waals surface area contributed by atoms with Crippen molar-refractivity contribution in [3.63, 3.8) is 0 Å². The summed E-state index contributed by atoms with van der Waals surface area (Å²) in [5, 5.41) is 6.34. The molecule has 0 unspecified atom stereocenters. The van der Waals surface area contributed by atoms with Gasteiger partial charge >= 0.3 is 0 Å². The molecule has 22 heavy (non-hydrogen) atoms. The lowest BCUT2D eigenvalue weighted by molar-refractivity contribution is 0.102. The van der Waals surface area contributed by atoms with Gasteiger partial charge in [-0.3, -0.25) is 4.79 Å². The molecule has 1 aliphatic rings. The fourth-order valence-electron chi connectivity index (χ4n) is 2.46. The second-order valence-electron chi connectivity index (χ2n) is 5.06. The minimum atomic E-state index is -0.362. The predicted molar refractivity (Wildman–Crippen MR) is 88.7 cm³/mol. The molecule has 0 aliphatic heterocycles. The molecule has 0 aromatic heterocycles. The molecule has 110 valence electrons. The quantitative estimate of drug-likeness (QED) is 0.815. The van der Waals surface area contributed by atoms with E-state index in [-0.39, 0.29) is 17.2 Å². The lowest BCUT2D eigenvalue weighted by atomic mass is 9.94. The van der Waals surface area contributed by atoms with Crippen molar-refractivity contribution in [2.45, 2.75) is 12.8 Å². The normalized spacial score (nSPS) is 12.6. The number of hydrogen-bond acceptors (Lipinski definition) is 3. The van der Waals surface area contributed by atoms with Crippen LogP contribution in [0.4, 0.5) is 11.4 Å². The lowest BCUT2D eigenvalue weighted by Gasteiger charge is -2.13. The molecule has 0 saturated heterocycles. The molecule has 0 spiro atoms. The van der Waals surface area contributed by atoms with Crippen molar-refractivity contribution in [1.29, 1.82) is 0 Å². The predicted octanol–water partition coefficient (Wildman–Crippen LogP) is 4.95. The van der Waals surface area contributed by atoms with Crippen molar-refractivity contribution in [1.82, 2.24) is 0 Å². The Hall–Kier alpha value is -2.46. The first-order chi connectivity index (χ1) is 10.7. The van der Waals surface area contributed by atoms with E-state index in [4.69, 9.17) is 11.6 Å². The third kappa shape index (κ3) is 2.92. The van der Waals surface area contributed by atoms with Crippen molar-refractivity contribution >= 4 is 35.0 Å². The number of anilines is 1. The highest BCUT2D eigenvalue weighted by atomic mass is 35.5. The molecule has 0 saturated carbocycles. The highest BCUT2D eigenvalue weighted by Crippen LogP contribution is 2.29. The van der Waals surface area contributed by atoms with Gasteiger partial charge in [-0.25, -0.2) is 0 Å². The average molecular weight is 313 g/mol. The maximum absolute atomic E-state index is 12.4. The molecule has 0 bridgehead atoms. The number of rotatable bonds is 3. The Balaban J connectivity index is 1.93. The van der Waals surface area contributed by atoms with Gasteiger partial charge in [0.05, 0.1) is 5.56 Å². The number of nitrogens with one attached hydrogen (secondary N) is 1. The number of allylic oxidation sites excluding steroid dienone is 1. The number of fused-ring (bicyclic) bond motifs is 1. The number of carbonyl (C=O) groups excluding carboxylic acids is 1. The van der Waals surface area contributed by atoms with E-state index in [1.807, 2.05) is 6.08 Å². The lowest BCUT2D eigenvalue weighted by Crippen LogP contribution is -2.13. The van der Waals surface area contributed by atoms with E-state index >= 15 is 0 Å². The van der Waals surface area contributed by atoms with Crippen LogP contribution in [0.2, 0.25) is 5.02 Å². The van der Waals surface area contributed by atoms with Crippen molar-refractivity contribution in [3.05, 3.63) is 69.1 Å². The van der Waals surface area contributed by atoms with Crippen LogP contribution in [0.1, 0.15) is 27.9 Å². The molecule has 1 amide bonds. The van der Waals surface area contributed by atoms with Crippen LogP contribution >= 0.6 is 11.6 Å². The number of nitroso groups, excluding NO2 is 1. The number of aryl methyl sites for hydroxylation is 1. The van der Waals surface area contributed by atoms with Crippen LogP contribution in [0.25, 0.3) is 6.08 Å². The maximum Gasteiger partial charge on any atom is 0.258 e. The van der Waals surface area contributed by atoms with Crippen LogP contribution < -0.4 is 5.32 Å². The van der Waals surface area contributed by atoms with Gasteiger partial charge in [0.2, 0.25) is 0 Å². The molecule has 0 heterocycles. The van der Waals surface area contributed by atoms with E-state index in [1.54, 1.807) is 36.4 Å². The molecular formula is C17H13ClN2O2. The zero-order valence-corrected chi connectivity index (χ0v) is 12.4. The van der Waals surface area contributed by atoms with E-state index in [2.05, 4.69) is 16.6 Å². The molecule has 2 aromatic rings. The van der Waals surface area contributed by atoms with E-state index in [9.17, 15) is 9.70 Å². The number of hydrogen-bond donors (Lipinski definition) is 1. The van der Waals surface area contributed by atoms with Gasteiger partial charge in [0, 0.05) is 10.7 Å². The van der Waals surface area contributed by atoms with Crippen LogP contribution in [-0.2, 0) is 6.42 Å². The highest BCUT2D eigenvalue weighted by Gasteiger charge is 2.17. The fraction of sp³-hybridized carbons (Fsp3) is 0.118. The van der Waals surface area contributed by atoms with E-state index in [0.29, 0.717) is 10.7 Å². The minimum Gasteiger partial charge on any atom is -0.322 e. The highest BCUT2D eigenvalue weighted by molar-refractivity contribution is 6.30. The summed E-state index contributed by atoms with van der Waals surface area (Å²) in [6.07, 6.45) is 5.80. The Kier molecular flexibility index (Phi) is 4.02. The molecule has 1 N–H and O–H groups in total. The molecule has 0 radical (unpaired) electrons. The Morgan fingerprint density at radius 3 is 2.68 bits per heavy atom. The Bertz CT molecular complexity index is 767. The fourth-order valence-corrected chi connectivity index (χ4v) is 2.58. The molecule has 3 rings (SSSR count). The number of amides is 1. The monoisotopic (exact) mass is 312 g/mol. The summed E-state index contributed by atoms with van der Waals surface area (Å²) in [4.78, 5) is 23.4. The Labute approximate surface area is 132 Å². The van der Waals surface area contributed by atoms with Crippen molar-refractivity contribution < 1.29 is 4.79 Å². The topological polar surface area (TPSA) is 58.5 Å². The van der Waals surface area contributed by atoms with Crippen LogP contribution in [0.15, 0.2) is 47.7 Å². The number of halogens is 1. The van der Waals surface area contributed by atoms with Gasteiger partial charge in [-0.1, -0.05) is 23.8 Å². The summed E-state index contributed by atoms with van der Waals surface area (Å²) >= 11 is 5.82. The van der Waals surface area contributed by atoms with E-state index in [0.717, 1.165) is 24.0 Å². The van der Waals surface area contributed by atoms with E-state index in [1.165, 1.54) is 0 Å². The summed E-state index contributed by atoms with van der Waals surface area (Å²) in [7, 11) is 0. The van der Waals surface area contributed by atoms with Crippen molar-refractivity contribution in [2.24, 2.45) is 5.18 Å². The van der Waals surface area contributed by atoms with Crippen LogP contribution in [-0.4, -0.2) is 5.91 Å². The molecular weight excluding hydrogens is 300 g/mol. The van der Waals surface area contributed by atoms with Gasteiger partial charge in [0.15, 0.2) is 0 Å². The molecule has 0 fully saturated rings. The van der Waals surface area contributed by atoms with Gasteiger partial charge in [-0.2, -0.15) is 0 Å². The third-order valence-electron chi connectivity index (χ3n) is 3.58. The molecule has 5 heteroatoms. The first-order valence-electron chi connectivity index (χ1n) is 6.91. The summed E-state index contributed by atoms with van der Waals surface area (Å²) in [5.74, 6) is -0.362. The number of nitrogens with zero attached hydrogens (tertiary/aromatic N) is 1. The summed E-state index contributed by atoms with van der Waals surface area (Å²) in [6, 6.07) is 10.2. The van der Waals surface area contributed by atoms with Crippen LogP contribution in [0.3, 0.4) is 0 Å². The van der Waals surface area contributed by atoms with Crippen LogP contribution in [0, 0.1) is 4.91 Å². The smallest absolute Gasteiger partial charge is 0.258 e. The van der Waals surface area contributed by atoms with Gasteiger partial charge in [-0.05, 0) is 65.5 Å². The van der Waals surface area contributed by atoms with Gasteiger partial charge in [0.25, 0.3) is 5.91 Å². The van der Waals surface area contributed by atoms with Gasteiger partial charge < -0.3 is 5.32 Å². The zero-order chi connectivity index (χ0) is 15.5. The van der Waals surface area contributed by atoms with Crippen LogP contribution in [0.5, 0.6) is 0 Å². The standard InChI is InChI=1S/C17H13ClN2O2/c18-13-5-7-14(8-6-13)19-17(21)15-9-11-3-1-2-4-12(11)10-16(15)20-22/h1,3,5-10H,2,4H2,(H,19,21). The van der Waals surface area contributed by atoms with Gasteiger partial charge in [0.1, 0.15) is 5.69 Å². The molecule has 2 aromatic carbocycles. The minimum absolute atomic E-state index is 0.167. The first-order valence-corrected chi connectivity index (χ1v) is 7.29. The summed E-state index contributed by atoms with van der Waals surface area (Å²) < 4.78 is 0. The van der Waals surface area contributed by atoms with Crippen molar-refractivity contribution in [3.8, 4) is 0 Å². The van der Waals surface area contributed by atoms with Crippen molar-refractivity contribution in [2.75, 3.05) is 5.32 Å². The SMILES string of the molecule is O=Nc1cc2c(cc1C(=O)Nc1ccc(Cl)cc1)C=CCC2. The second kappa shape index (κ2) is 6.12. The Morgan fingerprint density at radius 1 is 1.18 bits per heavy atom. The third-order valence-corrected chi connectivity index (χ3v) is 3.83. The van der Waals surface area contributed by atoms with E-state index < -0.39 is 0 Å². The second-order valence-corrected chi connectivity index (χ2v) is 5.50. The summed E-state index contributed by atoms with van der Waals surface area (Å²) in [6.45, 7) is 0. The summed E-state index contributed by atoms with van der Waals surface area (Å²) in [5.41, 5.74) is 3.05. The largest absolute Gasteiger partial charge is 0.322 e. The number of carbonyl (C=O) groups is 1. The molecule has 4 nitrogen and oxygen atoms in total. The number of benzene rings is 2.